The number of aromatic nitrogens is 1. The first-order chi connectivity index (χ1) is 13.0. The number of pyridine rings is 1. The topological polar surface area (TPSA) is 80.5 Å². The number of likely N-dealkylation sites (tertiary alicyclic amines) is 1. The summed E-state index contributed by atoms with van der Waals surface area (Å²) in [6.45, 7) is 4.33. The van der Waals surface area contributed by atoms with E-state index in [4.69, 9.17) is 5.26 Å². The summed E-state index contributed by atoms with van der Waals surface area (Å²) in [4.78, 5) is 22.3. The summed E-state index contributed by atoms with van der Waals surface area (Å²) < 4.78 is 0. The lowest BCUT2D eigenvalue weighted by molar-refractivity contribution is -0.139. The summed E-state index contributed by atoms with van der Waals surface area (Å²) >= 11 is 0. The molecule has 1 atom stereocenters. The summed E-state index contributed by atoms with van der Waals surface area (Å²) in [6.07, 6.45) is 6.11. The van der Waals surface area contributed by atoms with Crippen LogP contribution in [0.2, 0.25) is 0 Å². The number of nitrogens with zero attached hydrogens (tertiary/aromatic N) is 4. The van der Waals surface area contributed by atoms with Crippen molar-refractivity contribution in [3.05, 3.63) is 23.4 Å². The van der Waals surface area contributed by atoms with Crippen molar-refractivity contribution in [2.45, 2.75) is 64.0 Å². The van der Waals surface area contributed by atoms with E-state index in [2.05, 4.69) is 20.9 Å². The molecule has 27 heavy (non-hydrogen) atoms. The smallest absolute Gasteiger partial charge is 0.230 e. The van der Waals surface area contributed by atoms with Gasteiger partial charge in [0.25, 0.3) is 0 Å². The Kier molecular flexibility index (Phi) is 4.81. The average molecular weight is 368 g/mol. The molecule has 3 fully saturated rings. The monoisotopic (exact) mass is 368 g/mol. The largest absolute Gasteiger partial charge is 0.393 e. The zero-order valence-electron chi connectivity index (χ0n) is 16.0. The lowest BCUT2D eigenvalue weighted by Gasteiger charge is -2.41. The number of amides is 1. The van der Waals surface area contributed by atoms with Crippen molar-refractivity contribution in [3.8, 4) is 6.07 Å². The minimum absolute atomic E-state index is 0.191. The van der Waals surface area contributed by atoms with Crippen LogP contribution in [0.1, 0.15) is 56.2 Å². The van der Waals surface area contributed by atoms with Crippen LogP contribution in [0.15, 0.2) is 12.1 Å². The molecule has 1 spiro atoms. The fourth-order valence-electron chi connectivity index (χ4n) is 5.11. The highest BCUT2D eigenvalue weighted by molar-refractivity contribution is 5.86. The number of nitriles is 1. The van der Waals surface area contributed by atoms with Crippen molar-refractivity contribution in [1.82, 2.24) is 9.88 Å². The summed E-state index contributed by atoms with van der Waals surface area (Å²) in [5, 5.41) is 18.9. The molecule has 4 rings (SSSR count). The number of anilines is 1. The standard InChI is InChI=1S/C21H28N4O2/c1-15-16(13-22)3-8-19(23-15)24-11-2-9-21(14-24)10-12-25(20(21)27)17-4-6-18(26)7-5-17/h3,8,17-18,26H,2,4-7,9-12,14H2,1H3/t17-,18-,21?. The SMILES string of the molecule is Cc1nc(N2CCCC3(CCN([C@H]4CC[C@H](O)CC4)C3=O)C2)ccc1C#N. The number of hydrogen-bond donors (Lipinski definition) is 1. The molecule has 1 aliphatic carbocycles. The summed E-state index contributed by atoms with van der Waals surface area (Å²) in [7, 11) is 0. The Morgan fingerprint density at radius 2 is 2.00 bits per heavy atom. The highest BCUT2D eigenvalue weighted by Crippen LogP contribution is 2.43. The second kappa shape index (κ2) is 7.12. The molecule has 0 bridgehead atoms. The lowest BCUT2D eigenvalue weighted by atomic mass is 9.78. The number of aryl methyl sites for hydroxylation is 1. The number of piperidine rings is 1. The number of rotatable bonds is 2. The van der Waals surface area contributed by atoms with Gasteiger partial charge >= 0.3 is 0 Å². The first-order valence-electron chi connectivity index (χ1n) is 10.1. The van der Waals surface area contributed by atoms with Crippen LogP contribution in [0.4, 0.5) is 5.82 Å². The van der Waals surface area contributed by atoms with Crippen LogP contribution in [-0.4, -0.2) is 52.7 Å². The van der Waals surface area contributed by atoms with Crippen LogP contribution in [-0.2, 0) is 4.79 Å². The van der Waals surface area contributed by atoms with Gasteiger partial charge in [0.1, 0.15) is 11.9 Å². The van der Waals surface area contributed by atoms with Crippen molar-refractivity contribution in [1.29, 1.82) is 5.26 Å². The van der Waals surface area contributed by atoms with Crippen molar-refractivity contribution in [2.24, 2.45) is 5.41 Å². The number of hydrogen-bond acceptors (Lipinski definition) is 5. The van der Waals surface area contributed by atoms with Gasteiger partial charge in [0.05, 0.1) is 22.8 Å². The van der Waals surface area contributed by atoms with Crippen molar-refractivity contribution in [3.63, 3.8) is 0 Å². The maximum absolute atomic E-state index is 13.4. The zero-order valence-corrected chi connectivity index (χ0v) is 16.0. The molecule has 0 aromatic carbocycles. The summed E-state index contributed by atoms with van der Waals surface area (Å²) in [5.74, 6) is 1.18. The fraction of sp³-hybridized carbons (Fsp3) is 0.667. The van der Waals surface area contributed by atoms with Crippen molar-refractivity contribution in [2.75, 3.05) is 24.5 Å². The molecule has 1 aromatic rings. The molecule has 6 heteroatoms. The Morgan fingerprint density at radius 3 is 2.70 bits per heavy atom. The third-order valence-electron chi connectivity index (χ3n) is 6.75. The molecule has 144 valence electrons. The van der Waals surface area contributed by atoms with Crippen molar-refractivity contribution >= 4 is 11.7 Å². The zero-order chi connectivity index (χ0) is 19.0. The van der Waals surface area contributed by atoms with Gasteiger partial charge in [-0.1, -0.05) is 0 Å². The van der Waals surface area contributed by atoms with E-state index in [-0.39, 0.29) is 11.5 Å². The van der Waals surface area contributed by atoms with Crippen molar-refractivity contribution < 1.29 is 9.90 Å². The average Bonchev–Trinajstić information content (AvgIpc) is 2.98. The van der Waals surface area contributed by atoms with Crippen LogP contribution in [0, 0.1) is 23.7 Å². The van der Waals surface area contributed by atoms with Gasteiger partial charge in [0.2, 0.25) is 5.91 Å². The molecule has 2 saturated heterocycles. The number of aliphatic hydroxyl groups excluding tert-OH is 1. The molecular weight excluding hydrogens is 340 g/mol. The molecule has 0 radical (unpaired) electrons. The van der Waals surface area contributed by atoms with Crippen LogP contribution >= 0.6 is 0 Å². The Hall–Kier alpha value is -2.13. The molecule has 3 heterocycles. The molecule has 1 amide bonds. The minimum Gasteiger partial charge on any atom is -0.393 e. The van der Waals surface area contributed by atoms with E-state index in [1.54, 1.807) is 0 Å². The predicted molar refractivity (Wildman–Crippen MR) is 102 cm³/mol. The maximum Gasteiger partial charge on any atom is 0.230 e. The normalized spacial score (nSPS) is 31.4. The Balaban J connectivity index is 1.50. The quantitative estimate of drug-likeness (QED) is 0.867. The highest BCUT2D eigenvalue weighted by atomic mass is 16.3. The molecule has 1 aromatic heterocycles. The second-order valence-corrected chi connectivity index (χ2v) is 8.43. The summed E-state index contributed by atoms with van der Waals surface area (Å²) in [5.41, 5.74) is 1.06. The fourth-order valence-corrected chi connectivity index (χ4v) is 5.11. The van der Waals surface area contributed by atoms with Crippen LogP contribution in [0.3, 0.4) is 0 Å². The number of aliphatic hydroxyl groups is 1. The van der Waals surface area contributed by atoms with E-state index in [1.165, 1.54) is 0 Å². The molecule has 1 unspecified atom stereocenters. The third kappa shape index (κ3) is 3.29. The van der Waals surface area contributed by atoms with Gasteiger partial charge in [-0.15, -0.1) is 0 Å². The van der Waals surface area contributed by atoms with Gasteiger partial charge in [0.15, 0.2) is 0 Å². The van der Waals surface area contributed by atoms with E-state index in [1.807, 2.05) is 19.1 Å². The van der Waals surface area contributed by atoms with Gasteiger partial charge < -0.3 is 14.9 Å². The Bertz CT molecular complexity index is 766. The number of carbonyl (C=O) groups is 1. The van der Waals surface area contributed by atoms with E-state index in [0.717, 1.165) is 76.1 Å². The summed E-state index contributed by atoms with van der Waals surface area (Å²) in [6, 6.07) is 6.20. The molecular formula is C21H28N4O2. The molecule has 3 aliphatic rings. The van der Waals surface area contributed by atoms with E-state index in [9.17, 15) is 9.90 Å². The highest BCUT2D eigenvalue weighted by Gasteiger charge is 2.50. The first kappa shape index (κ1) is 18.2. The Labute approximate surface area is 160 Å². The predicted octanol–water partition coefficient (Wildman–Crippen LogP) is 2.38. The number of carbonyl (C=O) groups excluding carboxylic acids is 1. The molecule has 1 N–H and O–H groups in total. The van der Waals surface area contributed by atoms with Gasteiger partial charge in [-0.3, -0.25) is 4.79 Å². The van der Waals surface area contributed by atoms with Crippen LogP contribution < -0.4 is 4.90 Å². The second-order valence-electron chi connectivity index (χ2n) is 8.43. The van der Waals surface area contributed by atoms with Gasteiger partial charge in [-0.2, -0.15) is 5.26 Å². The van der Waals surface area contributed by atoms with E-state index < -0.39 is 0 Å². The van der Waals surface area contributed by atoms with E-state index in [0.29, 0.717) is 17.5 Å². The van der Waals surface area contributed by atoms with Gasteiger partial charge in [0, 0.05) is 25.7 Å². The minimum atomic E-state index is -0.294. The maximum atomic E-state index is 13.4. The third-order valence-corrected chi connectivity index (χ3v) is 6.75. The van der Waals surface area contributed by atoms with Crippen LogP contribution in [0.25, 0.3) is 0 Å². The van der Waals surface area contributed by atoms with Crippen LogP contribution in [0.5, 0.6) is 0 Å². The van der Waals surface area contributed by atoms with Gasteiger partial charge in [-0.05, 0) is 64.0 Å². The lowest BCUT2D eigenvalue weighted by Crippen LogP contribution is -2.50. The molecule has 1 saturated carbocycles. The first-order valence-corrected chi connectivity index (χ1v) is 10.1. The Morgan fingerprint density at radius 1 is 1.22 bits per heavy atom. The van der Waals surface area contributed by atoms with E-state index >= 15 is 0 Å². The molecule has 2 aliphatic heterocycles. The van der Waals surface area contributed by atoms with Gasteiger partial charge in [-0.25, -0.2) is 4.98 Å². The molecule has 6 nitrogen and oxygen atoms in total.